The van der Waals surface area contributed by atoms with Gasteiger partial charge in [0.2, 0.25) is 0 Å². The lowest BCUT2D eigenvalue weighted by Crippen LogP contribution is -2.43. The quantitative estimate of drug-likeness (QED) is 0.592. The van der Waals surface area contributed by atoms with Gasteiger partial charge in [0.1, 0.15) is 5.60 Å². The minimum Gasteiger partial charge on any atom is -0.444 e. The standard InChI is InChI=1S/C24H27F3N2O3/c1-23(2,3)32-22(31)29-14-4-5-20(29)21(30)11-10-19-15-17(12-13-28-19)16-6-8-18(9-7-16)24(25,26)27/h6-9,12-13,15,20H,4-5,10-11,14H2,1-3H3/t20-/m0/s1. The number of aryl methyl sites for hydroxylation is 1. The number of likely N-dealkylation sites (tertiary alicyclic amines) is 1. The molecule has 1 saturated heterocycles. The normalized spacial score (nSPS) is 16.8. The van der Waals surface area contributed by atoms with Crippen LogP contribution < -0.4 is 0 Å². The number of hydrogen-bond acceptors (Lipinski definition) is 4. The second-order valence-electron chi connectivity index (χ2n) is 8.91. The second-order valence-corrected chi connectivity index (χ2v) is 8.91. The van der Waals surface area contributed by atoms with Gasteiger partial charge < -0.3 is 4.74 Å². The Morgan fingerprint density at radius 3 is 2.41 bits per heavy atom. The lowest BCUT2D eigenvalue weighted by Gasteiger charge is -2.28. The van der Waals surface area contributed by atoms with Crippen molar-refractivity contribution in [1.82, 2.24) is 9.88 Å². The third kappa shape index (κ3) is 6.08. The van der Waals surface area contributed by atoms with Crippen LogP contribution in [0.3, 0.4) is 0 Å². The zero-order chi connectivity index (χ0) is 23.5. The molecule has 8 heteroatoms. The molecule has 172 valence electrons. The summed E-state index contributed by atoms with van der Waals surface area (Å²) in [5.74, 6) is -0.0462. The van der Waals surface area contributed by atoms with E-state index in [9.17, 15) is 22.8 Å². The first kappa shape index (κ1) is 23.8. The molecule has 1 atom stereocenters. The molecule has 0 bridgehead atoms. The van der Waals surface area contributed by atoms with Crippen molar-refractivity contribution >= 4 is 11.9 Å². The van der Waals surface area contributed by atoms with Crippen molar-refractivity contribution in [2.24, 2.45) is 0 Å². The van der Waals surface area contributed by atoms with Crippen molar-refractivity contribution in [3.63, 3.8) is 0 Å². The van der Waals surface area contributed by atoms with Gasteiger partial charge in [-0.25, -0.2) is 4.79 Å². The number of carbonyl (C=O) groups is 2. The summed E-state index contributed by atoms with van der Waals surface area (Å²) in [7, 11) is 0. The summed E-state index contributed by atoms with van der Waals surface area (Å²) in [6.07, 6.45) is -1.32. The number of hydrogen-bond donors (Lipinski definition) is 0. The lowest BCUT2D eigenvalue weighted by atomic mass is 10.0. The van der Waals surface area contributed by atoms with E-state index in [1.807, 2.05) is 0 Å². The average molecular weight is 448 g/mol. The topological polar surface area (TPSA) is 59.5 Å². The third-order valence-electron chi connectivity index (χ3n) is 5.24. The number of halogens is 3. The Morgan fingerprint density at radius 1 is 1.09 bits per heavy atom. The van der Waals surface area contributed by atoms with Crippen LogP contribution in [-0.2, 0) is 22.1 Å². The van der Waals surface area contributed by atoms with Crippen LogP contribution in [0.25, 0.3) is 11.1 Å². The Kier molecular flexibility index (Phi) is 6.91. The van der Waals surface area contributed by atoms with Gasteiger partial charge in [-0.15, -0.1) is 0 Å². The summed E-state index contributed by atoms with van der Waals surface area (Å²) in [4.78, 5) is 31.0. The molecule has 3 rings (SSSR count). The Bertz CT molecular complexity index is 966. The van der Waals surface area contributed by atoms with Gasteiger partial charge in [-0.1, -0.05) is 12.1 Å². The first-order valence-electron chi connectivity index (χ1n) is 10.6. The van der Waals surface area contributed by atoms with E-state index < -0.39 is 29.5 Å². The second kappa shape index (κ2) is 9.30. The number of carbonyl (C=O) groups excluding carboxylic acids is 2. The van der Waals surface area contributed by atoms with Gasteiger partial charge in [-0.3, -0.25) is 14.7 Å². The molecule has 1 aliphatic rings. The monoisotopic (exact) mass is 448 g/mol. The van der Waals surface area contributed by atoms with E-state index in [1.54, 1.807) is 39.1 Å². The number of ether oxygens (including phenoxy) is 1. The largest absolute Gasteiger partial charge is 0.444 e. The van der Waals surface area contributed by atoms with Crippen molar-refractivity contribution in [3.8, 4) is 11.1 Å². The van der Waals surface area contributed by atoms with Crippen LogP contribution in [0.15, 0.2) is 42.6 Å². The molecule has 32 heavy (non-hydrogen) atoms. The van der Waals surface area contributed by atoms with Gasteiger partial charge in [0.25, 0.3) is 0 Å². The minimum atomic E-state index is -4.38. The summed E-state index contributed by atoms with van der Waals surface area (Å²) in [6.45, 7) is 5.85. The van der Waals surface area contributed by atoms with E-state index in [0.29, 0.717) is 30.6 Å². The molecule has 1 aromatic heterocycles. The zero-order valence-electron chi connectivity index (χ0n) is 18.4. The molecule has 1 amide bonds. The van der Waals surface area contributed by atoms with Crippen LogP contribution in [0.2, 0.25) is 0 Å². The van der Waals surface area contributed by atoms with E-state index in [-0.39, 0.29) is 12.2 Å². The first-order chi connectivity index (χ1) is 14.9. The van der Waals surface area contributed by atoms with E-state index in [1.165, 1.54) is 17.0 Å². The van der Waals surface area contributed by atoms with Gasteiger partial charge in [-0.05, 0) is 75.4 Å². The molecule has 2 aromatic rings. The summed E-state index contributed by atoms with van der Waals surface area (Å²) >= 11 is 0. The summed E-state index contributed by atoms with van der Waals surface area (Å²) in [6, 6.07) is 7.93. The van der Waals surface area contributed by atoms with Crippen LogP contribution in [-0.4, -0.2) is 39.9 Å². The van der Waals surface area contributed by atoms with Crippen LogP contribution in [0, 0.1) is 0 Å². The number of alkyl halides is 3. The van der Waals surface area contributed by atoms with Crippen molar-refractivity contribution < 1.29 is 27.5 Å². The number of nitrogens with zero attached hydrogens (tertiary/aromatic N) is 2. The Morgan fingerprint density at radius 2 is 1.78 bits per heavy atom. The predicted octanol–water partition coefficient (Wildman–Crippen LogP) is 5.67. The highest BCUT2D eigenvalue weighted by atomic mass is 19.4. The Labute approximate surface area is 185 Å². The number of ketones is 1. The third-order valence-corrected chi connectivity index (χ3v) is 5.24. The molecule has 0 radical (unpaired) electrons. The molecule has 2 heterocycles. The van der Waals surface area contributed by atoms with Crippen LogP contribution in [0.4, 0.5) is 18.0 Å². The molecule has 0 N–H and O–H groups in total. The molecule has 0 aliphatic carbocycles. The highest BCUT2D eigenvalue weighted by molar-refractivity contribution is 5.88. The number of benzene rings is 1. The molecular formula is C24H27F3N2O3. The predicted molar refractivity (Wildman–Crippen MR) is 114 cm³/mol. The zero-order valence-corrected chi connectivity index (χ0v) is 18.4. The van der Waals surface area contributed by atoms with Gasteiger partial charge in [0.05, 0.1) is 11.6 Å². The molecule has 5 nitrogen and oxygen atoms in total. The van der Waals surface area contributed by atoms with Crippen molar-refractivity contribution in [1.29, 1.82) is 0 Å². The fourth-order valence-corrected chi connectivity index (χ4v) is 3.70. The summed E-state index contributed by atoms with van der Waals surface area (Å²) in [5.41, 5.74) is 0.702. The molecule has 0 saturated carbocycles. The van der Waals surface area contributed by atoms with Crippen molar-refractivity contribution in [2.75, 3.05) is 6.54 Å². The van der Waals surface area contributed by atoms with Crippen LogP contribution in [0.1, 0.15) is 51.3 Å². The average Bonchev–Trinajstić information content (AvgIpc) is 3.21. The van der Waals surface area contributed by atoms with E-state index in [4.69, 9.17) is 4.74 Å². The Balaban J connectivity index is 1.63. The smallest absolute Gasteiger partial charge is 0.416 e. The number of pyridine rings is 1. The fourth-order valence-electron chi connectivity index (χ4n) is 3.70. The Hall–Kier alpha value is -2.90. The van der Waals surface area contributed by atoms with Gasteiger partial charge in [-0.2, -0.15) is 13.2 Å². The number of Topliss-reactive ketones (excluding diaryl/α,β-unsaturated/α-hetero) is 1. The lowest BCUT2D eigenvalue weighted by molar-refractivity contribution is -0.137. The first-order valence-corrected chi connectivity index (χ1v) is 10.6. The van der Waals surface area contributed by atoms with Gasteiger partial charge >= 0.3 is 12.3 Å². The van der Waals surface area contributed by atoms with Crippen LogP contribution >= 0.6 is 0 Å². The van der Waals surface area contributed by atoms with E-state index in [2.05, 4.69) is 4.98 Å². The van der Waals surface area contributed by atoms with Gasteiger partial charge in [0, 0.05) is 24.9 Å². The highest BCUT2D eigenvalue weighted by Crippen LogP contribution is 2.31. The number of rotatable bonds is 5. The highest BCUT2D eigenvalue weighted by Gasteiger charge is 2.36. The molecule has 0 unspecified atom stereocenters. The van der Waals surface area contributed by atoms with Crippen LogP contribution in [0.5, 0.6) is 0 Å². The molecule has 1 aliphatic heterocycles. The summed E-state index contributed by atoms with van der Waals surface area (Å²) < 4.78 is 43.7. The summed E-state index contributed by atoms with van der Waals surface area (Å²) in [5, 5.41) is 0. The maximum atomic E-state index is 12.8. The number of amides is 1. The molecule has 0 spiro atoms. The van der Waals surface area contributed by atoms with Gasteiger partial charge in [0.15, 0.2) is 5.78 Å². The molecular weight excluding hydrogens is 421 g/mol. The SMILES string of the molecule is CC(C)(C)OC(=O)N1CCC[C@H]1C(=O)CCc1cc(-c2ccc(C(F)(F)F)cc2)ccn1. The number of aromatic nitrogens is 1. The van der Waals surface area contributed by atoms with Crippen molar-refractivity contribution in [3.05, 3.63) is 53.9 Å². The van der Waals surface area contributed by atoms with E-state index >= 15 is 0 Å². The maximum absolute atomic E-state index is 12.8. The maximum Gasteiger partial charge on any atom is 0.416 e. The fraction of sp³-hybridized carbons (Fsp3) is 0.458. The van der Waals surface area contributed by atoms with Crippen molar-refractivity contribution in [2.45, 2.75) is 64.3 Å². The molecule has 1 aromatic carbocycles. The molecule has 1 fully saturated rings. The minimum absolute atomic E-state index is 0.0462. The van der Waals surface area contributed by atoms with E-state index in [0.717, 1.165) is 24.1 Å².